The lowest BCUT2D eigenvalue weighted by Gasteiger charge is -2.31. The molecule has 21 heavy (non-hydrogen) atoms. The topological polar surface area (TPSA) is 78.7 Å². The highest BCUT2D eigenvalue weighted by Crippen LogP contribution is 2.28. The number of nitrogens with zero attached hydrogens (tertiary/aromatic N) is 2. The van der Waals surface area contributed by atoms with Crippen LogP contribution in [0.1, 0.15) is 6.42 Å². The largest absolute Gasteiger partial charge is 0.393 e. The van der Waals surface area contributed by atoms with E-state index >= 15 is 0 Å². The maximum Gasteiger partial charge on any atom is 0.243 e. The van der Waals surface area contributed by atoms with Crippen LogP contribution in [0.2, 0.25) is 0 Å². The van der Waals surface area contributed by atoms with Crippen LogP contribution in [0.5, 0.6) is 0 Å². The molecule has 0 radical (unpaired) electrons. The fraction of sp³-hybridized carbons (Fsp3) is 0.357. The molecule has 7 heteroatoms. The smallest absolute Gasteiger partial charge is 0.243 e. The predicted octanol–water partition coefficient (Wildman–Crippen LogP) is 0.580. The van der Waals surface area contributed by atoms with Crippen molar-refractivity contribution in [3.05, 3.63) is 24.3 Å². The summed E-state index contributed by atoms with van der Waals surface area (Å²) in [7, 11) is 1.70. The van der Waals surface area contributed by atoms with E-state index in [9.17, 15) is 9.59 Å². The Hall–Kier alpha value is -2.15. The molecule has 0 saturated carbocycles. The zero-order valence-electron chi connectivity index (χ0n) is 11.8. The number of carbonyl (C=O) groups is 2. The summed E-state index contributed by atoms with van der Waals surface area (Å²) in [5, 5.41) is 2.79. The third-order valence-corrected chi connectivity index (χ3v) is 3.50. The lowest BCUT2D eigenvalue weighted by molar-refractivity contribution is -0.128. The minimum Gasteiger partial charge on any atom is -0.393 e. The van der Waals surface area contributed by atoms with Gasteiger partial charge in [-0.25, -0.2) is 0 Å². The van der Waals surface area contributed by atoms with E-state index in [2.05, 4.69) is 5.32 Å². The molecule has 2 amide bonds. The van der Waals surface area contributed by atoms with Crippen LogP contribution in [-0.2, 0) is 9.59 Å². The molecule has 0 unspecified atom stereocenters. The highest BCUT2D eigenvalue weighted by molar-refractivity contribution is 7.80. The molecule has 112 valence electrons. The molecule has 6 nitrogen and oxygen atoms in total. The van der Waals surface area contributed by atoms with E-state index in [0.717, 1.165) is 11.4 Å². The van der Waals surface area contributed by atoms with Crippen LogP contribution in [0.25, 0.3) is 0 Å². The van der Waals surface area contributed by atoms with Gasteiger partial charge in [-0.2, -0.15) is 0 Å². The second kappa shape index (κ2) is 6.53. The Labute approximate surface area is 128 Å². The van der Waals surface area contributed by atoms with E-state index in [1.165, 1.54) is 0 Å². The summed E-state index contributed by atoms with van der Waals surface area (Å²) in [6.45, 7) is 0.806. The average Bonchev–Trinajstić information content (AvgIpc) is 2.44. The second-order valence-corrected chi connectivity index (χ2v) is 5.48. The van der Waals surface area contributed by atoms with Crippen LogP contribution >= 0.6 is 12.2 Å². The summed E-state index contributed by atoms with van der Waals surface area (Å²) in [5.41, 5.74) is 7.02. The quantitative estimate of drug-likeness (QED) is 0.778. The number of amides is 2. The fourth-order valence-electron chi connectivity index (χ4n) is 2.13. The summed E-state index contributed by atoms with van der Waals surface area (Å²) in [6.07, 6.45) is 0.495. The third-order valence-electron chi connectivity index (χ3n) is 3.30. The molecule has 0 fully saturated rings. The monoisotopic (exact) mass is 306 g/mol. The number of hydrogen-bond donors (Lipinski definition) is 2. The minimum atomic E-state index is -0.118. The van der Waals surface area contributed by atoms with Crippen molar-refractivity contribution in [1.82, 2.24) is 4.90 Å². The predicted molar refractivity (Wildman–Crippen MR) is 86.3 cm³/mol. The number of rotatable bonds is 5. The van der Waals surface area contributed by atoms with Gasteiger partial charge >= 0.3 is 0 Å². The first kappa shape index (κ1) is 15.2. The van der Waals surface area contributed by atoms with E-state index in [0.29, 0.717) is 18.0 Å². The molecule has 1 aromatic carbocycles. The van der Waals surface area contributed by atoms with Gasteiger partial charge in [0.15, 0.2) is 0 Å². The summed E-state index contributed by atoms with van der Waals surface area (Å²) < 4.78 is 0. The first-order chi connectivity index (χ1) is 9.97. The van der Waals surface area contributed by atoms with Gasteiger partial charge in [0.1, 0.15) is 0 Å². The molecule has 1 heterocycles. The average molecular weight is 306 g/mol. The molecule has 1 aliphatic heterocycles. The van der Waals surface area contributed by atoms with Gasteiger partial charge < -0.3 is 20.9 Å². The Morgan fingerprint density at radius 1 is 1.48 bits per heavy atom. The van der Waals surface area contributed by atoms with Gasteiger partial charge in [-0.3, -0.25) is 9.59 Å². The third kappa shape index (κ3) is 3.91. The molecule has 3 N–H and O–H groups in total. The molecule has 1 aromatic rings. The minimum absolute atomic E-state index is 0.0734. The number of thiocarbonyl (C=S) groups is 1. The van der Waals surface area contributed by atoms with Gasteiger partial charge in [0, 0.05) is 20.0 Å². The van der Waals surface area contributed by atoms with E-state index in [4.69, 9.17) is 18.0 Å². The highest BCUT2D eigenvalue weighted by atomic mass is 32.1. The molecule has 0 spiro atoms. The maximum absolute atomic E-state index is 12.2. The summed E-state index contributed by atoms with van der Waals surface area (Å²) in [6, 6.07) is 7.43. The van der Waals surface area contributed by atoms with Crippen LogP contribution in [0, 0.1) is 0 Å². The Balaban J connectivity index is 2.04. The number of fused-ring (bicyclic) bond motifs is 1. The van der Waals surface area contributed by atoms with Crippen LogP contribution in [-0.4, -0.2) is 48.4 Å². The van der Waals surface area contributed by atoms with Crippen molar-refractivity contribution in [1.29, 1.82) is 0 Å². The number of nitrogens with one attached hydrogen (secondary N) is 1. The normalized spacial score (nSPS) is 13.4. The molecule has 0 bridgehead atoms. The molecule has 2 rings (SSSR count). The number of carbonyl (C=O) groups excluding carboxylic acids is 2. The van der Waals surface area contributed by atoms with E-state index in [1.807, 2.05) is 24.3 Å². The molecular weight excluding hydrogens is 288 g/mol. The summed E-state index contributed by atoms with van der Waals surface area (Å²) >= 11 is 4.81. The van der Waals surface area contributed by atoms with E-state index in [1.54, 1.807) is 16.8 Å². The van der Waals surface area contributed by atoms with Crippen LogP contribution in [0.4, 0.5) is 11.4 Å². The number of hydrogen-bond acceptors (Lipinski definition) is 4. The summed E-state index contributed by atoms with van der Waals surface area (Å²) in [5.74, 6) is -0.192. The second-order valence-electron chi connectivity index (χ2n) is 4.95. The molecule has 0 aromatic heterocycles. The first-order valence-corrected chi connectivity index (χ1v) is 7.04. The standard InChI is InChI=1S/C14H18N4O2S/c1-17(7-6-12(15)21)14(20)9-18-8-13(19)16-10-4-2-3-5-11(10)18/h2-5H,6-9H2,1H3,(H2,15,21)(H,16,19). The van der Waals surface area contributed by atoms with Crippen LogP contribution in [0.3, 0.4) is 0 Å². The maximum atomic E-state index is 12.2. The Kier molecular flexibility index (Phi) is 4.74. The number of nitrogens with two attached hydrogens (primary N) is 1. The molecule has 0 saturated heterocycles. The number of benzene rings is 1. The number of likely N-dealkylation sites (N-methyl/N-ethyl adjacent to an activating group) is 1. The van der Waals surface area contributed by atoms with Crippen molar-refractivity contribution in [3.63, 3.8) is 0 Å². The van der Waals surface area contributed by atoms with Gasteiger partial charge in [0.2, 0.25) is 11.8 Å². The lowest BCUT2D eigenvalue weighted by Crippen LogP contribution is -2.45. The molecular formula is C14H18N4O2S. The van der Waals surface area contributed by atoms with Crippen molar-refractivity contribution in [2.45, 2.75) is 6.42 Å². The van der Waals surface area contributed by atoms with Gasteiger partial charge in [-0.05, 0) is 12.1 Å². The van der Waals surface area contributed by atoms with Crippen LogP contribution in [0.15, 0.2) is 24.3 Å². The number of anilines is 2. The Morgan fingerprint density at radius 2 is 2.19 bits per heavy atom. The van der Waals surface area contributed by atoms with Crippen molar-refractivity contribution in [2.24, 2.45) is 5.73 Å². The Morgan fingerprint density at radius 3 is 2.90 bits per heavy atom. The van der Waals surface area contributed by atoms with Crippen molar-refractivity contribution in [2.75, 3.05) is 36.9 Å². The van der Waals surface area contributed by atoms with Crippen molar-refractivity contribution in [3.8, 4) is 0 Å². The van der Waals surface area contributed by atoms with Crippen molar-refractivity contribution < 1.29 is 9.59 Å². The van der Waals surface area contributed by atoms with Gasteiger partial charge in [0.05, 0.1) is 29.5 Å². The SMILES string of the molecule is CN(CCC(N)=S)C(=O)CN1CC(=O)Nc2ccccc21. The molecule has 0 aliphatic carbocycles. The zero-order valence-corrected chi connectivity index (χ0v) is 12.7. The van der Waals surface area contributed by atoms with Gasteiger partial charge in [-0.15, -0.1) is 0 Å². The van der Waals surface area contributed by atoms with E-state index < -0.39 is 0 Å². The van der Waals surface area contributed by atoms with Gasteiger partial charge in [0.25, 0.3) is 0 Å². The van der Waals surface area contributed by atoms with Crippen LogP contribution < -0.4 is 16.0 Å². The first-order valence-electron chi connectivity index (χ1n) is 6.63. The molecule has 1 aliphatic rings. The Bertz CT molecular complexity index is 576. The molecule has 0 atom stereocenters. The fourth-order valence-corrected chi connectivity index (χ4v) is 2.22. The van der Waals surface area contributed by atoms with E-state index in [-0.39, 0.29) is 24.9 Å². The zero-order chi connectivity index (χ0) is 15.4. The van der Waals surface area contributed by atoms with Gasteiger partial charge in [-0.1, -0.05) is 24.4 Å². The summed E-state index contributed by atoms with van der Waals surface area (Å²) in [4.78, 5) is 27.6. The number of para-hydroxylation sites is 2. The van der Waals surface area contributed by atoms with Crippen molar-refractivity contribution >= 4 is 40.4 Å². The highest BCUT2D eigenvalue weighted by Gasteiger charge is 2.24. The lowest BCUT2D eigenvalue weighted by atomic mass is 10.2.